The van der Waals surface area contributed by atoms with E-state index >= 15 is 0 Å². The smallest absolute Gasteiger partial charge is 0.172 e. The van der Waals surface area contributed by atoms with E-state index in [1.165, 1.54) is 22.7 Å². The number of anilines is 1. The number of pyridine rings is 1. The standard InChI is InChI=1S/C18H10Cl2N6S2.C2H4/c1-22-15(19)13-11(21)9-8(7-5-3-2-4-6-7)10-12-14(16(20)25-26-24-12)28-18(10)23-17(9)27-13;1-2/h2-6H,21H2,1H3;1-2H2. The lowest BCUT2D eigenvalue weighted by atomic mass is 9.99. The van der Waals surface area contributed by atoms with Gasteiger partial charge in [-0.2, -0.15) is 0 Å². The fourth-order valence-electron chi connectivity index (χ4n) is 3.22. The molecule has 0 aliphatic carbocycles. The summed E-state index contributed by atoms with van der Waals surface area (Å²) >= 11 is 15.4. The van der Waals surface area contributed by atoms with Crippen molar-refractivity contribution < 1.29 is 0 Å². The minimum absolute atomic E-state index is 0.310. The van der Waals surface area contributed by atoms with Gasteiger partial charge in [0.25, 0.3) is 0 Å². The molecule has 0 aliphatic heterocycles. The van der Waals surface area contributed by atoms with Crippen molar-refractivity contribution in [2.75, 3.05) is 12.8 Å². The van der Waals surface area contributed by atoms with Crippen LogP contribution in [0.2, 0.25) is 5.15 Å². The van der Waals surface area contributed by atoms with Crippen molar-refractivity contribution in [2.24, 2.45) is 4.99 Å². The summed E-state index contributed by atoms with van der Waals surface area (Å²) in [7, 11) is 1.63. The van der Waals surface area contributed by atoms with Crippen LogP contribution in [0.1, 0.15) is 4.88 Å². The molecule has 5 rings (SSSR count). The van der Waals surface area contributed by atoms with Crippen LogP contribution in [0.3, 0.4) is 0 Å². The Morgan fingerprint density at radius 1 is 1.07 bits per heavy atom. The third-order valence-electron chi connectivity index (χ3n) is 4.40. The van der Waals surface area contributed by atoms with E-state index in [4.69, 9.17) is 33.9 Å². The monoisotopic (exact) mass is 472 g/mol. The second-order valence-electron chi connectivity index (χ2n) is 5.93. The molecule has 150 valence electrons. The van der Waals surface area contributed by atoms with Gasteiger partial charge in [0, 0.05) is 23.4 Å². The van der Waals surface area contributed by atoms with E-state index in [0.29, 0.717) is 26.4 Å². The normalized spacial score (nSPS) is 11.8. The third kappa shape index (κ3) is 3.13. The van der Waals surface area contributed by atoms with Crippen LogP contribution in [0.25, 0.3) is 41.8 Å². The van der Waals surface area contributed by atoms with Crippen LogP contribution in [-0.2, 0) is 0 Å². The Morgan fingerprint density at radius 3 is 2.47 bits per heavy atom. The van der Waals surface area contributed by atoms with Gasteiger partial charge in [-0.1, -0.05) is 53.5 Å². The van der Waals surface area contributed by atoms with Crippen molar-refractivity contribution >= 4 is 87.4 Å². The second-order valence-corrected chi connectivity index (χ2v) is 8.65. The van der Waals surface area contributed by atoms with Gasteiger partial charge < -0.3 is 5.73 Å². The van der Waals surface area contributed by atoms with Gasteiger partial charge in [-0.25, -0.2) is 4.98 Å². The lowest BCUT2D eigenvalue weighted by Gasteiger charge is -2.07. The molecule has 0 saturated carbocycles. The maximum absolute atomic E-state index is 6.52. The molecule has 0 fully saturated rings. The van der Waals surface area contributed by atoms with Crippen molar-refractivity contribution in [3.8, 4) is 11.1 Å². The zero-order valence-electron chi connectivity index (χ0n) is 15.7. The highest BCUT2D eigenvalue weighted by molar-refractivity contribution is 7.27. The van der Waals surface area contributed by atoms with E-state index in [2.05, 4.69) is 33.6 Å². The van der Waals surface area contributed by atoms with Crippen LogP contribution in [-0.4, -0.2) is 32.6 Å². The first kappa shape index (κ1) is 20.6. The van der Waals surface area contributed by atoms with Crippen molar-refractivity contribution in [3.63, 3.8) is 0 Å². The highest BCUT2D eigenvalue weighted by Crippen LogP contribution is 2.47. The molecule has 30 heavy (non-hydrogen) atoms. The van der Waals surface area contributed by atoms with Gasteiger partial charge in [-0.3, -0.25) is 4.99 Å². The van der Waals surface area contributed by atoms with Crippen molar-refractivity contribution in [2.45, 2.75) is 0 Å². The Bertz CT molecular complexity index is 1430. The SMILES string of the molecule is C=C.CN=C(Cl)c1sc2nc3sc4c(Cl)nnnc4c3c(-c3ccccc3)c2c1N. The lowest BCUT2D eigenvalue weighted by molar-refractivity contribution is 0.900. The molecule has 4 heterocycles. The summed E-state index contributed by atoms with van der Waals surface area (Å²) in [6.07, 6.45) is 0. The molecular formula is C20H14Cl2N6S2. The Balaban J connectivity index is 0.00000106. The average Bonchev–Trinajstić information content (AvgIpc) is 3.32. The summed E-state index contributed by atoms with van der Waals surface area (Å²) in [5, 5.41) is 14.3. The number of rotatable bonds is 2. The minimum atomic E-state index is 0.310. The van der Waals surface area contributed by atoms with Crippen LogP contribution in [0.15, 0.2) is 48.5 Å². The first-order chi connectivity index (χ1) is 14.6. The zero-order valence-corrected chi connectivity index (χ0v) is 18.8. The van der Waals surface area contributed by atoms with Crippen LogP contribution in [0.4, 0.5) is 5.69 Å². The number of fused-ring (bicyclic) bond motifs is 4. The van der Waals surface area contributed by atoms with Gasteiger partial charge in [-0.15, -0.1) is 46.0 Å². The van der Waals surface area contributed by atoms with Crippen molar-refractivity contribution in [3.05, 3.63) is 53.5 Å². The predicted molar refractivity (Wildman–Crippen MR) is 130 cm³/mol. The van der Waals surface area contributed by atoms with Crippen molar-refractivity contribution in [1.82, 2.24) is 20.4 Å². The molecule has 6 nitrogen and oxygen atoms in total. The number of nitrogens with two attached hydrogens (primary N) is 1. The fraction of sp³-hybridized carbons (Fsp3) is 0.0500. The zero-order chi connectivity index (χ0) is 21.4. The van der Waals surface area contributed by atoms with Crippen LogP contribution >= 0.6 is 45.9 Å². The number of aliphatic imine (C=N–C) groups is 1. The fourth-order valence-corrected chi connectivity index (χ4v) is 5.76. The predicted octanol–water partition coefficient (Wildman–Crippen LogP) is 6.17. The largest absolute Gasteiger partial charge is 0.397 e. The number of halogens is 2. The molecule has 2 N–H and O–H groups in total. The van der Waals surface area contributed by atoms with E-state index < -0.39 is 0 Å². The molecule has 0 saturated heterocycles. The second kappa shape index (κ2) is 8.23. The molecule has 0 unspecified atom stereocenters. The molecule has 0 aliphatic rings. The maximum atomic E-state index is 6.52. The van der Waals surface area contributed by atoms with Gasteiger partial charge in [0.05, 0.1) is 15.3 Å². The van der Waals surface area contributed by atoms with Crippen molar-refractivity contribution in [1.29, 1.82) is 0 Å². The summed E-state index contributed by atoms with van der Waals surface area (Å²) < 4.78 is 0.751. The van der Waals surface area contributed by atoms with Crippen LogP contribution in [0.5, 0.6) is 0 Å². The van der Waals surface area contributed by atoms with Gasteiger partial charge in [0.15, 0.2) is 5.15 Å². The van der Waals surface area contributed by atoms with E-state index in [-0.39, 0.29) is 0 Å². The van der Waals surface area contributed by atoms with Crippen LogP contribution in [0, 0.1) is 0 Å². The Labute approximate surface area is 189 Å². The summed E-state index contributed by atoms with van der Waals surface area (Å²) in [6.45, 7) is 6.00. The van der Waals surface area contributed by atoms with E-state index in [9.17, 15) is 0 Å². The third-order valence-corrected chi connectivity index (χ3v) is 7.44. The molecule has 0 amide bonds. The highest BCUT2D eigenvalue weighted by Gasteiger charge is 2.24. The summed E-state index contributed by atoms with van der Waals surface area (Å²) in [6, 6.07) is 9.98. The lowest BCUT2D eigenvalue weighted by Crippen LogP contribution is -1.95. The number of benzene rings is 1. The van der Waals surface area contributed by atoms with Gasteiger partial charge in [0.2, 0.25) is 0 Å². The molecule has 4 aromatic heterocycles. The summed E-state index contributed by atoms with van der Waals surface area (Å²) in [4.78, 5) is 11.2. The molecule has 5 aromatic rings. The first-order valence-corrected chi connectivity index (χ1v) is 11.0. The topological polar surface area (TPSA) is 89.9 Å². The molecule has 0 spiro atoms. The number of aromatic nitrogens is 4. The quantitative estimate of drug-likeness (QED) is 0.245. The molecule has 1 aromatic carbocycles. The number of nitrogen functional groups attached to an aromatic ring is 1. The molecule has 0 radical (unpaired) electrons. The number of thiophene rings is 2. The molecule has 10 heteroatoms. The van der Waals surface area contributed by atoms with Gasteiger partial charge >= 0.3 is 0 Å². The molecule has 0 bridgehead atoms. The number of hydrogen-bond acceptors (Lipinski definition) is 8. The summed E-state index contributed by atoms with van der Waals surface area (Å²) in [5.74, 6) is 0. The highest BCUT2D eigenvalue weighted by atomic mass is 35.5. The molecular weight excluding hydrogens is 459 g/mol. The first-order valence-electron chi connectivity index (χ1n) is 8.61. The van der Waals surface area contributed by atoms with Crippen LogP contribution < -0.4 is 5.73 Å². The Hall–Kier alpha value is -2.65. The summed E-state index contributed by atoms with van der Waals surface area (Å²) in [5.41, 5.74) is 9.67. The average molecular weight is 473 g/mol. The maximum Gasteiger partial charge on any atom is 0.172 e. The Kier molecular flexibility index (Phi) is 5.66. The van der Waals surface area contributed by atoms with E-state index in [1.54, 1.807) is 7.05 Å². The van der Waals surface area contributed by atoms with Gasteiger partial charge in [0.1, 0.15) is 20.3 Å². The van der Waals surface area contributed by atoms with E-state index in [1.807, 2.05) is 30.3 Å². The molecule has 0 atom stereocenters. The minimum Gasteiger partial charge on any atom is -0.397 e. The van der Waals surface area contributed by atoms with E-state index in [0.717, 1.165) is 36.3 Å². The Morgan fingerprint density at radius 2 is 1.77 bits per heavy atom. The number of hydrogen-bond donors (Lipinski definition) is 1. The number of nitrogens with zero attached hydrogens (tertiary/aromatic N) is 5. The van der Waals surface area contributed by atoms with Gasteiger partial charge in [-0.05, 0) is 10.8 Å².